The van der Waals surface area contributed by atoms with E-state index in [1.54, 1.807) is 0 Å². The lowest BCUT2D eigenvalue weighted by Gasteiger charge is -2.07. The number of nitrogens with zero attached hydrogens (tertiary/aromatic N) is 3. The van der Waals surface area contributed by atoms with Gasteiger partial charge < -0.3 is 20.5 Å². The third-order valence-corrected chi connectivity index (χ3v) is 1.87. The van der Waals surface area contributed by atoms with Crippen molar-refractivity contribution in [2.75, 3.05) is 0 Å². The Hall–Kier alpha value is -2.45. The molecular weight excluding hydrogens is 232 g/mol. The van der Waals surface area contributed by atoms with Gasteiger partial charge in [0.2, 0.25) is 5.91 Å². The Morgan fingerprint density at radius 1 is 1.71 bits per heavy atom. The van der Waals surface area contributed by atoms with Crippen LogP contribution < -0.4 is 5.32 Å². The molecule has 17 heavy (non-hydrogen) atoms. The Morgan fingerprint density at radius 3 is 2.82 bits per heavy atom. The summed E-state index contributed by atoms with van der Waals surface area (Å²) in [7, 11) is 0. The molecule has 0 aliphatic carbocycles. The summed E-state index contributed by atoms with van der Waals surface area (Å²) in [5.74, 6) is -2.12. The number of carboxylic acids is 1. The first kappa shape index (κ1) is 12.6. The monoisotopic (exact) mass is 242 g/mol. The number of rotatable bonds is 5. The van der Waals surface area contributed by atoms with Crippen molar-refractivity contribution < 1.29 is 19.6 Å². The SMILES string of the molecule is C[C@H](NC(=O)Cn1ccc([N+](=O)[O-])n1)C(=O)O. The molecule has 0 unspecified atom stereocenters. The lowest BCUT2D eigenvalue weighted by Crippen LogP contribution is -2.40. The molecule has 1 aromatic rings. The van der Waals surface area contributed by atoms with Crippen LogP contribution in [0.5, 0.6) is 0 Å². The van der Waals surface area contributed by atoms with Crippen molar-refractivity contribution >= 4 is 17.7 Å². The van der Waals surface area contributed by atoms with Crippen molar-refractivity contribution in [1.82, 2.24) is 15.1 Å². The van der Waals surface area contributed by atoms with E-state index in [2.05, 4.69) is 10.4 Å². The Kier molecular flexibility index (Phi) is 3.75. The zero-order valence-electron chi connectivity index (χ0n) is 8.86. The molecule has 9 nitrogen and oxygen atoms in total. The highest BCUT2D eigenvalue weighted by Crippen LogP contribution is 2.04. The van der Waals surface area contributed by atoms with Gasteiger partial charge in [0.25, 0.3) is 0 Å². The third kappa shape index (κ3) is 3.55. The van der Waals surface area contributed by atoms with Crippen LogP contribution in [0.2, 0.25) is 0 Å². The highest BCUT2D eigenvalue weighted by atomic mass is 16.6. The lowest BCUT2D eigenvalue weighted by atomic mass is 10.3. The van der Waals surface area contributed by atoms with Gasteiger partial charge >= 0.3 is 11.8 Å². The normalized spacial score (nSPS) is 11.8. The lowest BCUT2D eigenvalue weighted by molar-refractivity contribution is -0.389. The fourth-order valence-corrected chi connectivity index (χ4v) is 1.03. The first-order valence-electron chi connectivity index (χ1n) is 4.60. The number of nitro groups is 1. The van der Waals surface area contributed by atoms with E-state index in [0.717, 1.165) is 10.7 Å². The Balaban J connectivity index is 2.56. The molecule has 1 amide bonds. The fourth-order valence-electron chi connectivity index (χ4n) is 1.03. The molecule has 0 saturated heterocycles. The maximum atomic E-state index is 11.3. The topological polar surface area (TPSA) is 127 Å². The van der Waals surface area contributed by atoms with Gasteiger partial charge in [-0.25, -0.2) is 0 Å². The van der Waals surface area contributed by atoms with Crippen molar-refractivity contribution in [3.05, 3.63) is 22.4 Å². The highest BCUT2D eigenvalue weighted by molar-refractivity contribution is 5.82. The minimum Gasteiger partial charge on any atom is -0.480 e. The van der Waals surface area contributed by atoms with Gasteiger partial charge in [-0.05, 0) is 11.8 Å². The average Bonchev–Trinajstić information content (AvgIpc) is 2.65. The first-order valence-corrected chi connectivity index (χ1v) is 4.60. The number of aromatic nitrogens is 2. The Bertz CT molecular complexity index is 455. The molecular formula is C8H10N4O5. The number of amides is 1. The van der Waals surface area contributed by atoms with Crippen LogP contribution in [0.25, 0.3) is 0 Å². The molecule has 92 valence electrons. The number of carbonyl (C=O) groups excluding carboxylic acids is 1. The minimum atomic E-state index is -1.16. The summed E-state index contributed by atoms with van der Waals surface area (Å²) in [6.07, 6.45) is 1.27. The molecule has 0 aliphatic rings. The molecule has 2 N–H and O–H groups in total. The number of nitrogens with one attached hydrogen (secondary N) is 1. The van der Waals surface area contributed by atoms with Crippen LogP contribution in [-0.2, 0) is 16.1 Å². The number of hydrogen-bond donors (Lipinski definition) is 2. The minimum absolute atomic E-state index is 0.272. The van der Waals surface area contributed by atoms with Crippen LogP contribution in [0.1, 0.15) is 6.92 Å². The van der Waals surface area contributed by atoms with Gasteiger partial charge in [-0.3, -0.25) is 9.59 Å². The summed E-state index contributed by atoms with van der Waals surface area (Å²) in [4.78, 5) is 31.4. The molecule has 1 atom stereocenters. The maximum absolute atomic E-state index is 11.3. The van der Waals surface area contributed by atoms with Gasteiger partial charge in [-0.2, -0.15) is 4.68 Å². The summed E-state index contributed by atoms with van der Waals surface area (Å²) in [5.41, 5.74) is 0. The van der Waals surface area contributed by atoms with Crippen LogP contribution in [0.4, 0.5) is 5.82 Å². The van der Waals surface area contributed by atoms with E-state index in [0.29, 0.717) is 0 Å². The molecule has 1 aromatic heterocycles. The first-order chi connectivity index (χ1) is 7.90. The Morgan fingerprint density at radius 2 is 2.35 bits per heavy atom. The molecule has 0 fully saturated rings. The number of hydrogen-bond acceptors (Lipinski definition) is 5. The van der Waals surface area contributed by atoms with Crippen molar-refractivity contribution in [3.63, 3.8) is 0 Å². The Labute approximate surface area is 95.2 Å². The van der Waals surface area contributed by atoms with Crippen LogP contribution >= 0.6 is 0 Å². The predicted octanol–water partition coefficient (Wildman–Crippen LogP) is -0.619. The smallest absolute Gasteiger partial charge is 0.389 e. The molecule has 0 aliphatic heterocycles. The van der Waals surface area contributed by atoms with E-state index in [4.69, 9.17) is 5.11 Å². The second-order valence-corrected chi connectivity index (χ2v) is 3.26. The summed E-state index contributed by atoms with van der Waals surface area (Å²) in [5, 5.41) is 24.6. The third-order valence-electron chi connectivity index (χ3n) is 1.87. The van der Waals surface area contributed by atoms with Crippen molar-refractivity contribution in [3.8, 4) is 0 Å². The van der Waals surface area contributed by atoms with E-state index in [-0.39, 0.29) is 12.4 Å². The van der Waals surface area contributed by atoms with Gasteiger partial charge in [0.05, 0.1) is 17.4 Å². The van der Waals surface area contributed by atoms with Crippen LogP contribution in [0.15, 0.2) is 12.3 Å². The van der Waals surface area contributed by atoms with Gasteiger partial charge in [-0.15, -0.1) is 0 Å². The van der Waals surface area contributed by atoms with Gasteiger partial charge in [0.15, 0.2) is 0 Å². The summed E-state index contributed by atoms with van der Waals surface area (Å²) in [6.45, 7) is 1.04. The summed E-state index contributed by atoms with van der Waals surface area (Å²) >= 11 is 0. The molecule has 0 radical (unpaired) electrons. The molecule has 0 spiro atoms. The number of aliphatic carboxylic acids is 1. The molecule has 0 saturated carbocycles. The van der Waals surface area contributed by atoms with E-state index < -0.39 is 22.8 Å². The van der Waals surface area contributed by atoms with E-state index >= 15 is 0 Å². The van der Waals surface area contributed by atoms with Gasteiger partial charge in [0.1, 0.15) is 12.6 Å². The number of carboxylic acid groups (broad SMARTS) is 1. The average molecular weight is 242 g/mol. The molecule has 1 heterocycles. The quantitative estimate of drug-likeness (QED) is 0.523. The molecule has 9 heteroatoms. The number of carbonyl (C=O) groups is 2. The van der Waals surface area contributed by atoms with Crippen molar-refractivity contribution in [1.29, 1.82) is 0 Å². The standard InChI is InChI=1S/C8H10N4O5/c1-5(8(14)15)9-7(13)4-11-3-2-6(10-11)12(16)17/h2-3,5H,4H2,1H3,(H,9,13)(H,14,15)/t5-/m0/s1. The van der Waals surface area contributed by atoms with Crippen LogP contribution in [0, 0.1) is 10.1 Å². The second-order valence-electron chi connectivity index (χ2n) is 3.26. The fraction of sp³-hybridized carbons (Fsp3) is 0.375. The second kappa shape index (κ2) is 5.05. The molecule has 1 rings (SSSR count). The molecule has 0 bridgehead atoms. The van der Waals surface area contributed by atoms with Gasteiger partial charge in [-0.1, -0.05) is 0 Å². The predicted molar refractivity (Wildman–Crippen MR) is 54.1 cm³/mol. The molecule has 0 aromatic carbocycles. The highest BCUT2D eigenvalue weighted by Gasteiger charge is 2.17. The van der Waals surface area contributed by atoms with E-state index in [1.807, 2.05) is 0 Å². The zero-order valence-corrected chi connectivity index (χ0v) is 8.86. The van der Waals surface area contributed by atoms with Crippen LogP contribution in [-0.4, -0.2) is 37.7 Å². The largest absolute Gasteiger partial charge is 0.480 e. The maximum Gasteiger partial charge on any atom is 0.389 e. The summed E-state index contributed by atoms with van der Waals surface area (Å²) in [6, 6.07) is 0.126. The van der Waals surface area contributed by atoms with Gasteiger partial charge in [0, 0.05) is 0 Å². The van der Waals surface area contributed by atoms with Crippen molar-refractivity contribution in [2.24, 2.45) is 0 Å². The van der Waals surface area contributed by atoms with Crippen LogP contribution in [0.3, 0.4) is 0 Å². The van der Waals surface area contributed by atoms with E-state index in [9.17, 15) is 19.7 Å². The summed E-state index contributed by atoms with van der Waals surface area (Å²) < 4.78 is 1.06. The van der Waals surface area contributed by atoms with Crippen molar-refractivity contribution in [2.45, 2.75) is 19.5 Å². The zero-order chi connectivity index (χ0) is 13.0. The van der Waals surface area contributed by atoms with E-state index in [1.165, 1.54) is 13.1 Å².